The molecule has 0 aliphatic carbocycles. The van der Waals surface area contributed by atoms with Crippen molar-refractivity contribution in [3.8, 4) is 11.5 Å². The van der Waals surface area contributed by atoms with E-state index >= 15 is 0 Å². The minimum Gasteiger partial charge on any atom is -0.486 e. The number of hydrogen-bond donors (Lipinski definition) is 1. The van der Waals surface area contributed by atoms with Crippen molar-refractivity contribution in [2.45, 2.75) is 30.2 Å². The summed E-state index contributed by atoms with van der Waals surface area (Å²) in [7, 11) is -3.81. The molecule has 6 rings (SSSR count). The number of rotatable bonds is 5. The summed E-state index contributed by atoms with van der Waals surface area (Å²) >= 11 is 0. The number of benzene rings is 2. The molecule has 2 aromatic carbocycles. The fraction of sp³-hybridized carbons (Fsp3) is 0.333. The highest BCUT2D eigenvalue weighted by atomic mass is 32.2. The Morgan fingerprint density at radius 2 is 1.86 bits per heavy atom. The van der Waals surface area contributed by atoms with Gasteiger partial charge in [0.25, 0.3) is 5.56 Å². The Hall–Kier alpha value is -3.84. The summed E-state index contributed by atoms with van der Waals surface area (Å²) in [6, 6.07) is 10.5. The second-order valence-electron chi connectivity index (χ2n) is 9.00. The highest BCUT2D eigenvalue weighted by Gasteiger charge is 2.33. The van der Waals surface area contributed by atoms with Crippen LogP contribution in [0.2, 0.25) is 0 Å². The molecule has 1 atom stereocenters. The monoisotopic (exact) mass is 526 g/mol. The number of halogens is 1. The van der Waals surface area contributed by atoms with Crippen LogP contribution in [0.5, 0.6) is 11.5 Å². The van der Waals surface area contributed by atoms with Crippen LogP contribution in [0, 0.1) is 5.82 Å². The molecule has 4 aromatic rings. The van der Waals surface area contributed by atoms with Gasteiger partial charge in [-0.15, -0.1) is 5.10 Å². The van der Waals surface area contributed by atoms with E-state index in [0.717, 1.165) is 5.56 Å². The molecule has 1 fully saturated rings. The van der Waals surface area contributed by atoms with E-state index in [-0.39, 0.29) is 40.9 Å². The van der Waals surface area contributed by atoms with Crippen LogP contribution in [0.4, 0.5) is 4.39 Å². The maximum Gasteiger partial charge on any atom is 0.281 e. The van der Waals surface area contributed by atoms with Crippen LogP contribution < -0.4 is 15.0 Å². The van der Waals surface area contributed by atoms with Crippen LogP contribution in [0.15, 0.2) is 52.2 Å². The average molecular weight is 527 g/mol. The van der Waals surface area contributed by atoms with E-state index in [2.05, 4.69) is 20.3 Å². The van der Waals surface area contributed by atoms with Gasteiger partial charge in [0.05, 0.1) is 11.4 Å². The van der Waals surface area contributed by atoms with E-state index in [0.29, 0.717) is 49.9 Å². The fourth-order valence-corrected chi connectivity index (χ4v) is 6.20. The van der Waals surface area contributed by atoms with Gasteiger partial charge in [0.15, 0.2) is 22.7 Å². The van der Waals surface area contributed by atoms with Gasteiger partial charge >= 0.3 is 0 Å². The van der Waals surface area contributed by atoms with Gasteiger partial charge in [0, 0.05) is 25.1 Å². The van der Waals surface area contributed by atoms with Crippen LogP contribution in [0.3, 0.4) is 0 Å². The van der Waals surface area contributed by atoms with Crippen molar-refractivity contribution in [1.29, 1.82) is 0 Å². The van der Waals surface area contributed by atoms with Gasteiger partial charge in [-0.2, -0.15) is 4.31 Å². The number of H-pyrrole nitrogens is 1. The van der Waals surface area contributed by atoms with Gasteiger partial charge in [-0.1, -0.05) is 17.3 Å². The summed E-state index contributed by atoms with van der Waals surface area (Å²) in [6.45, 7) is 1.54. The average Bonchev–Trinajstić information content (AvgIpc) is 3.33. The number of sulfonamides is 1. The van der Waals surface area contributed by atoms with Crippen molar-refractivity contribution in [2.24, 2.45) is 0 Å². The largest absolute Gasteiger partial charge is 0.486 e. The van der Waals surface area contributed by atoms with Gasteiger partial charge in [0.2, 0.25) is 10.0 Å². The maximum atomic E-state index is 13.5. The molecule has 0 bridgehead atoms. The van der Waals surface area contributed by atoms with Gasteiger partial charge in [-0.3, -0.25) is 4.79 Å². The van der Waals surface area contributed by atoms with E-state index in [1.165, 1.54) is 33.3 Å². The normalized spacial score (nSPS) is 18.2. The highest BCUT2D eigenvalue weighted by molar-refractivity contribution is 7.89. The van der Waals surface area contributed by atoms with E-state index < -0.39 is 15.6 Å². The molecule has 2 aliphatic heterocycles. The van der Waals surface area contributed by atoms with Crippen LogP contribution in [-0.2, 0) is 16.6 Å². The van der Waals surface area contributed by atoms with E-state index in [1.54, 1.807) is 18.2 Å². The number of fused-ring (bicyclic) bond motifs is 2. The Morgan fingerprint density at radius 3 is 2.68 bits per heavy atom. The first-order chi connectivity index (χ1) is 17.9. The Morgan fingerprint density at radius 1 is 1.08 bits per heavy atom. The Balaban J connectivity index is 1.28. The fourth-order valence-electron chi connectivity index (χ4n) is 4.66. The minimum absolute atomic E-state index is 0.0856. The lowest BCUT2D eigenvalue weighted by Gasteiger charge is -2.31. The number of nitrogens with zero attached hydrogens (tertiary/aromatic N) is 5. The summed E-state index contributed by atoms with van der Waals surface area (Å²) in [6.07, 6.45) is 1.25. The molecular formula is C24H23FN6O5S. The Kier molecular flexibility index (Phi) is 5.88. The van der Waals surface area contributed by atoms with Crippen LogP contribution in [0.25, 0.3) is 11.2 Å². The molecule has 1 N–H and O–H groups in total. The molecule has 0 saturated carbocycles. The molecule has 1 saturated heterocycles. The summed E-state index contributed by atoms with van der Waals surface area (Å²) < 4.78 is 54.1. The van der Waals surface area contributed by atoms with Crippen molar-refractivity contribution in [3.63, 3.8) is 0 Å². The second-order valence-corrected chi connectivity index (χ2v) is 10.9. The first-order valence-corrected chi connectivity index (χ1v) is 13.3. The molecule has 0 unspecified atom stereocenters. The van der Waals surface area contributed by atoms with Crippen molar-refractivity contribution in [2.75, 3.05) is 26.3 Å². The smallest absolute Gasteiger partial charge is 0.281 e. The van der Waals surface area contributed by atoms with Gasteiger partial charge in [-0.05, 0) is 42.7 Å². The lowest BCUT2D eigenvalue weighted by atomic mass is 9.99. The van der Waals surface area contributed by atoms with E-state index in [1.807, 2.05) is 0 Å². The van der Waals surface area contributed by atoms with Crippen molar-refractivity contribution < 1.29 is 22.3 Å². The van der Waals surface area contributed by atoms with Gasteiger partial charge < -0.3 is 14.5 Å². The van der Waals surface area contributed by atoms with Crippen molar-refractivity contribution in [3.05, 3.63) is 70.0 Å². The van der Waals surface area contributed by atoms with Crippen molar-refractivity contribution >= 4 is 21.2 Å². The molecule has 192 valence electrons. The Labute approximate surface area is 210 Å². The second kappa shape index (κ2) is 9.23. The third-order valence-electron chi connectivity index (χ3n) is 6.56. The number of aromatic nitrogens is 5. The molecule has 2 aromatic heterocycles. The Bertz CT molecular complexity index is 1640. The van der Waals surface area contributed by atoms with Gasteiger partial charge in [-0.25, -0.2) is 22.5 Å². The van der Waals surface area contributed by atoms with Crippen LogP contribution >= 0.6 is 0 Å². The third-order valence-corrected chi connectivity index (χ3v) is 8.42. The number of aromatic amines is 1. The molecule has 11 nitrogen and oxygen atoms in total. The zero-order valence-corrected chi connectivity index (χ0v) is 20.4. The number of piperidine rings is 1. The van der Waals surface area contributed by atoms with Crippen molar-refractivity contribution in [1.82, 2.24) is 29.3 Å². The standard InChI is InChI=1S/C24H23FN6O5S/c25-17-5-3-15(4-6-17)13-31-23-21(28-29-31)24(32)27-22(26-23)16-2-1-9-30(14-16)37(33,34)18-7-8-19-20(12-18)36-11-10-35-19/h3-8,12,16H,1-2,9-11,13-14H2,(H,26,27,32)/t16-/m0/s1. The highest BCUT2D eigenvalue weighted by Crippen LogP contribution is 2.35. The number of ether oxygens (including phenoxy) is 2. The third kappa shape index (κ3) is 4.44. The molecular weight excluding hydrogens is 503 g/mol. The zero-order chi connectivity index (χ0) is 25.6. The summed E-state index contributed by atoms with van der Waals surface area (Å²) in [5.41, 5.74) is 0.695. The lowest BCUT2D eigenvalue weighted by molar-refractivity contribution is 0.171. The zero-order valence-electron chi connectivity index (χ0n) is 19.6. The van der Waals surface area contributed by atoms with Crippen LogP contribution in [-0.4, -0.2) is 64.0 Å². The molecule has 0 radical (unpaired) electrons. The first-order valence-electron chi connectivity index (χ1n) is 11.9. The molecule has 0 spiro atoms. The molecule has 0 amide bonds. The number of hydrogen-bond acceptors (Lipinski definition) is 8. The first kappa shape index (κ1) is 23.6. The minimum atomic E-state index is -3.81. The maximum absolute atomic E-state index is 13.5. The summed E-state index contributed by atoms with van der Waals surface area (Å²) in [5.74, 6) is 0.619. The predicted octanol–water partition coefficient (Wildman–Crippen LogP) is 2.04. The van der Waals surface area contributed by atoms with E-state index in [9.17, 15) is 17.6 Å². The van der Waals surface area contributed by atoms with E-state index in [4.69, 9.17) is 9.47 Å². The summed E-state index contributed by atoms with van der Waals surface area (Å²) in [5, 5.41) is 8.00. The molecule has 2 aliphatic rings. The molecule has 13 heteroatoms. The molecule has 37 heavy (non-hydrogen) atoms. The van der Waals surface area contributed by atoms with Crippen LogP contribution in [0.1, 0.15) is 30.1 Å². The number of nitrogens with one attached hydrogen (secondary N) is 1. The lowest BCUT2D eigenvalue weighted by Crippen LogP contribution is -2.40. The predicted molar refractivity (Wildman–Crippen MR) is 130 cm³/mol. The summed E-state index contributed by atoms with van der Waals surface area (Å²) in [4.78, 5) is 20.3. The SMILES string of the molecule is O=c1[nH]c([C@H]2CCCN(S(=O)(=O)c3ccc4c(c3)OCCO4)C2)nc2c1nnn2Cc1ccc(F)cc1. The molecule has 4 heterocycles. The quantitative estimate of drug-likeness (QED) is 0.418. The topological polar surface area (TPSA) is 132 Å². The van der Waals surface area contributed by atoms with Gasteiger partial charge in [0.1, 0.15) is 24.9 Å².